The zero-order chi connectivity index (χ0) is 13.9. The normalized spacial score (nSPS) is 16.4. The van der Waals surface area contributed by atoms with Gasteiger partial charge in [0, 0.05) is 21.1 Å². The lowest BCUT2D eigenvalue weighted by molar-refractivity contribution is -0.196. The zero-order valence-corrected chi connectivity index (χ0v) is 11.0. The first-order chi connectivity index (χ1) is 8.25. The molecule has 1 aromatic carbocycles. The van der Waals surface area contributed by atoms with Gasteiger partial charge in [-0.05, 0) is 25.1 Å². The van der Waals surface area contributed by atoms with Crippen LogP contribution in [0.2, 0.25) is 0 Å². The van der Waals surface area contributed by atoms with Gasteiger partial charge in [0.1, 0.15) is 0 Å². The van der Waals surface area contributed by atoms with E-state index in [1.165, 1.54) is 12.3 Å². The quantitative estimate of drug-likeness (QED) is 0.857. The van der Waals surface area contributed by atoms with E-state index in [1.54, 1.807) is 12.1 Å². The SMILES string of the molecule is CC(O/C(N)=c1\ccc(Br)c\c1=C\N)C(F)(F)F. The molecule has 0 aromatic heterocycles. The van der Waals surface area contributed by atoms with Crippen LogP contribution in [0.15, 0.2) is 22.7 Å². The highest BCUT2D eigenvalue weighted by Gasteiger charge is 2.38. The van der Waals surface area contributed by atoms with E-state index in [4.69, 9.17) is 11.5 Å². The number of hydrogen-bond acceptors (Lipinski definition) is 3. The summed E-state index contributed by atoms with van der Waals surface area (Å²) < 4.78 is 42.4. The largest absolute Gasteiger partial charge is 0.466 e. The lowest BCUT2D eigenvalue weighted by Crippen LogP contribution is -2.36. The second-order valence-corrected chi connectivity index (χ2v) is 4.48. The molecular formula is C11H12BrF3N2O. The van der Waals surface area contributed by atoms with Crippen molar-refractivity contribution in [1.29, 1.82) is 0 Å². The molecule has 0 aliphatic heterocycles. The molecule has 7 heteroatoms. The molecule has 0 saturated heterocycles. The lowest BCUT2D eigenvalue weighted by Gasteiger charge is -2.17. The van der Waals surface area contributed by atoms with Crippen LogP contribution in [0.25, 0.3) is 12.1 Å². The number of alkyl halides is 3. The number of halogens is 4. The predicted molar refractivity (Wildman–Crippen MR) is 66.2 cm³/mol. The van der Waals surface area contributed by atoms with E-state index in [0.29, 0.717) is 10.4 Å². The molecule has 0 saturated carbocycles. The Labute approximate surface area is 110 Å². The zero-order valence-electron chi connectivity index (χ0n) is 9.46. The summed E-state index contributed by atoms with van der Waals surface area (Å²) in [6.07, 6.45) is -5.20. The van der Waals surface area contributed by atoms with E-state index < -0.39 is 12.3 Å². The second-order valence-electron chi connectivity index (χ2n) is 3.56. The van der Waals surface area contributed by atoms with Gasteiger partial charge in [-0.3, -0.25) is 0 Å². The standard InChI is InChI=1S/C11H12BrF3N2O/c1-6(11(13,14)15)18-10(17)9-3-2-8(12)4-7(9)5-16/h2-6H,16-17H2,1H3/b7-5-,10-9+. The number of nitrogens with two attached hydrogens (primary N) is 2. The van der Waals surface area contributed by atoms with Crippen molar-refractivity contribution in [2.24, 2.45) is 11.5 Å². The summed E-state index contributed by atoms with van der Waals surface area (Å²) in [4.78, 5) is 0. The third-order valence-electron chi connectivity index (χ3n) is 2.22. The fourth-order valence-corrected chi connectivity index (χ4v) is 1.60. The molecule has 0 spiro atoms. The van der Waals surface area contributed by atoms with Crippen LogP contribution in [0.4, 0.5) is 13.2 Å². The molecule has 0 radical (unpaired) electrons. The van der Waals surface area contributed by atoms with Gasteiger partial charge < -0.3 is 16.2 Å². The van der Waals surface area contributed by atoms with Crippen LogP contribution in [0.1, 0.15) is 6.92 Å². The summed E-state index contributed by atoms with van der Waals surface area (Å²) in [7, 11) is 0. The summed E-state index contributed by atoms with van der Waals surface area (Å²) in [5.41, 5.74) is 10.9. The van der Waals surface area contributed by atoms with Crippen LogP contribution in [-0.2, 0) is 4.74 Å². The predicted octanol–water partition coefficient (Wildman–Crippen LogP) is 1.14. The minimum atomic E-state index is -4.47. The fraction of sp³-hybridized carbons (Fsp3) is 0.273. The van der Waals surface area contributed by atoms with Gasteiger partial charge in [-0.15, -0.1) is 0 Å². The molecule has 0 aliphatic rings. The van der Waals surface area contributed by atoms with Crippen LogP contribution < -0.4 is 21.9 Å². The molecule has 0 fully saturated rings. The Kier molecular flexibility index (Phi) is 4.50. The molecular weight excluding hydrogens is 313 g/mol. The van der Waals surface area contributed by atoms with Gasteiger partial charge in [-0.1, -0.05) is 15.9 Å². The molecule has 100 valence electrons. The van der Waals surface area contributed by atoms with Gasteiger partial charge in [0.15, 0.2) is 12.0 Å². The molecule has 1 aromatic rings. The first-order valence-corrected chi connectivity index (χ1v) is 5.75. The van der Waals surface area contributed by atoms with Crippen LogP contribution in [0.5, 0.6) is 0 Å². The molecule has 3 nitrogen and oxygen atoms in total. The summed E-state index contributed by atoms with van der Waals surface area (Å²) in [5, 5.41) is 0.799. The Morgan fingerprint density at radius 3 is 2.56 bits per heavy atom. The maximum Gasteiger partial charge on any atom is 0.425 e. The van der Waals surface area contributed by atoms with E-state index in [2.05, 4.69) is 20.7 Å². The Morgan fingerprint density at radius 1 is 1.44 bits per heavy atom. The highest BCUT2D eigenvalue weighted by molar-refractivity contribution is 9.10. The molecule has 0 bridgehead atoms. The van der Waals surface area contributed by atoms with E-state index in [9.17, 15) is 13.2 Å². The van der Waals surface area contributed by atoms with Gasteiger partial charge in [0.25, 0.3) is 0 Å². The minimum Gasteiger partial charge on any atom is -0.466 e. The molecule has 18 heavy (non-hydrogen) atoms. The Bertz CT molecular complexity index is 542. The van der Waals surface area contributed by atoms with Crippen molar-refractivity contribution in [3.8, 4) is 0 Å². The van der Waals surface area contributed by atoms with Crippen molar-refractivity contribution in [1.82, 2.24) is 0 Å². The van der Waals surface area contributed by atoms with Crippen LogP contribution in [0, 0.1) is 0 Å². The molecule has 0 heterocycles. The average Bonchev–Trinajstić information content (AvgIpc) is 2.27. The minimum absolute atomic E-state index is 0.316. The summed E-state index contributed by atoms with van der Waals surface area (Å²) in [5.74, 6) is -0.316. The Morgan fingerprint density at radius 2 is 2.06 bits per heavy atom. The molecule has 1 rings (SSSR count). The van der Waals surface area contributed by atoms with Gasteiger partial charge in [0.2, 0.25) is 0 Å². The average molecular weight is 325 g/mol. The Balaban J connectivity index is 3.22. The van der Waals surface area contributed by atoms with Crippen molar-refractivity contribution < 1.29 is 17.9 Å². The highest BCUT2D eigenvalue weighted by Crippen LogP contribution is 2.23. The van der Waals surface area contributed by atoms with E-state index >= 15 is 0 Å². The third-order valence-corrected chi connectivity index (χ3v) is 2.72. The fourth-order valence-electron chi connectivity index (χ4n) is 1.22. The molecule has 4 N–H and O–H groups in total. The molecule has 1 unspecified atom stereocenters. The maximum absolute atomic E-state index is 12.3. The molecule has 0 amide bonds. The number of ether oxygens (including phenoxy) is 1. The van der Waals surface area contributed by atoms with Crippen LogP contribution in [0.3, 0.4) is 0 Å². The topological polar surface area (TPSA) is 61.3 Å². The van der Waals surface area contributed by atoms with Gasteiger partial charge in [0.05, 0.1) is 0 Å². The third kappa shape index (κ3) is 3.56. The molecule has 1 atom stereocenters. The summed E-state index contributed by atoms with van der Waals surface area (Å²) in [6, 6.07) is 4.79. The van der Waals surface area contributed by atoms with Crippen LogP contribution in [-0.4, -0.2) is 12.3 Å². The van der Waals surface area contributed by atoms with Gasteiger partial charge in [-0.2, -0.15) is 13.2 Å². The number of hydrogen-bond donors (Lipinski definition) is 2. The van der Waals surface area contributed by atoms with Gasteiger partial charge in [-0.25, -0.2) is 0 Å². The van der Waals surface area contributed by atoms with Crippen molar-refractivity contribution in [3.05, 3.63) is 33.1 Å². The number of benzene rings is 1. The van der Waals surface area contributed by atoms with Crippen molar-refractivity contribution >= 4 is 28.0 Å². The van der Waals surface area contributed by atoms with E-state index in [1.807, 2.05) is 0 Å². The van der Waals surface area contributed by atoms with Crippen LogP contribution >= 0.6 is 15.9 Å². The summed E-state index contributed by atoms with van der Waals surface area (Å²) >= 11 is 3.22. The second kappa shape index (κ2) is 5.51. The first kappa shape index (κ1) is 14.7. The Hall–Kier alpha value is -1.37. The highest BCUT2D eigenvalue weighted by atomic mass is 79.9. The van der Waals surface area contributed by atoms with E-state index in [0.717, 1.165) is 11.4 Å². The molecule has 0 aliphatic carbocycles. The maximum atomic E-state index is 12.3. The van der Waals surface area contributed by atoms with Crippen molar-refractivity contribution in [2.45, 2.75) is 19.2 Å². The lowest BCUT2D eigenvalue weighted by atomic mass is 10.2. The van der Waals surface area contributed by atoms with Crippen molar-refractivity contribution in [2.75, 3.05) is 0 Å². The van der Waals surface area contributed by atoms with Gasteiger partial charge >= 0.3 is 6.18 Å². The smallest absolute Gasteiger partial charge is 0.425 e. The first-order valence-electron chi connectivity index (χ1n) is 4.96. The number of rotatable bonds is 2. The monoisotopic (exact) mass is 324 g/mol. The summed E-state index contributed by atoms with van der Waals surface area (Å²) in [6.45, 7) is 0.886. The van der Waals surface area contributed by atoms with Crippen molar-refractivity contribution in [3.63, 3.8) is 0 Å². The van der Waals surface area contributed by atoms with E-state index in [-0.39, 0.29) is 5.88 Å².